The second-order valence-electron chi connectivity index (χ2n) is 3.45. The van der Waals surface area contributed by atoms with Gasteiger partial charge >= 0.3 is 0 Å². The molecule has 2 rings (SSSR count). The number of amides is 1. The minimum Gasteiger partial charge on any atom is -0.494 e. The molecule has 1 aromatic carbocycles. The van der Waals surface area contributed by atoms with E-state index in [9.17, 15) is 4.79 Å². The lowest BCUT2D eigenvalue weighted by Crippen LogP contribution is -2.24. The number of methoxy groups -OCH3 is 1. The number of nitrogens with zero attached hydrogens (tertiary/aromatic N) is 1. The number of rotatable bonds is 2. The fourth-order valence-corrected chi connectivity index (χ4v) is 2.89. The number of aliphatic imine (C=N–C) groups is 1. The quantitative estimate of drug-likeness (QED) is 0.651. The van der Waals surface area contributed by atoms with Gasteiger partial charge in [0.15, 0.2) is 5.96 Å². The average molecular weight is 284 g/mol. The zero-order valence-corrected chi connectivity index (χ0v) is 11.0. The molecule has 0 aliphatic carbocycles. The van der Waals surface area contributed by atoms with Crippen molar-refractivity contribution in [2.75, 3.05) is 7.11 Å². The van der Waals surface area contributed by atoms with Gasteiger partial charge in [0.2, 0.25) is 0 Å². The zero-order valence-electron chi connectivity index (χ0n) is 9.44. The van der Waals surface area contributed by atoms with Crippen molar-refractivity contribution >= 4 is 44.9 Å². The number of hydrogen-bond acceptors (Lipinski definition) is 3. The Morgan fingerprint density at radius 2 is 2.17 bits per heavy atom. The van der Waals surface area contributed by atoms with Gasteiger partial charge in [-0.1, -0.05) is 11.6 Å². The molecule has 0 saturated carbocycles. The Morgan fingerprint density at radius 1 is 1.44 bits per heavy atom. The molecule has 0 saturated heterocycles. The van der Waals surface area contributed by atoms with Gasteiger partial charge in [-0.15, -0.1) is 11.3 Å². The predicted octanol–water partition coefficient (Wildman–Crippen LogP) is 1.98. The summed E-state index contributed by atoms with van der Waals surface area (Å²) in [5.41, 5.74) is 10.4. The van der Waals surface area contributed by atoms with Crippen LogP contribution >= 0.6 is 22.9 Å². The molecular formula is C11H10ClN3O2S. The van der Waals surface area contributed by atoms with E-state index >= 15 is 0 Å². The Morgan fingerprint density at radius 3 is 2.78 bits per heavy atom. The van der Waals surface area contributed by atoms with Crippen molar-refractivity contribution in [2.45, 2.75) is 0 Å². The van der Waals surface area contributed by atoms with Crippen molar-refractivity contribution in [1.29, 1.82) is 0 Å². The molecule has 18 heavy (non-hydrogen) atoms. The number of hydrogen-bond donors (Lipinski definition) is 2. The normalized spacial score (nSPS) is 10.3. The first kappa shape index (κ1) is 12.7. The molecule has 0 bridgehead atoms. The minimum atomic E-state index is -0.524. The molecule has 0 aliphatic heterocycles. The van der Waals surface area contributed by atoms with Gasteiger partial charge < -0.3 is 16.2 Å². The minimum absolute atomic E-state index is 0.280. The molecule has 0 atom stereocenters. The molecule has 0 radical (unpaired) electrons. The van der Waals surface area contributed by atoms with Crippen LogP contribution in [-0.2, 0) is 0 Å². The standard InChI is InChI=1S/C11H10ClN3O2S/c1-17-8-6-3-2-5(12)4-7(6)18-9(8)10(16)15-11(13)14/h2-4H,1H3,(H4,13,14,15,16). The fraction of sp³-hybridized carbons (Fsp3) is 0.0909. The van der Waals surface area contributed by atoms with E-state index in [2.05, 4.69) is 4.99 Å². The molecule has 1 heterocycles. The number of thiophene rings is 1. The summed E-state index contributed by atoms with van der Waals surface area (Å²) in [5.74, 6) is -0.344. The van der Waals surface area contributed by atoms with E-state index in [1.807, 2.05) is 0 Å². The van der Waals surface area contributed by atoms with Crippen molar-refractivity contribution in [3.8, 4) is 5.75 Å². The smallest absolute Gasteiger partial charge is 0.294 e. The Bertz CT molecular complexity index is 647. The molecule has 0 aliphatic rings. The van der Waals surface area contributed by atoms with Gasteiger partial charge in [-0.2, -0.15) is 4.99 Å². The van der Waals surface area contributed by atoms with Crippen LogP contribution in [0.2, 0.25) is 5.02 Å². The highest BCUT2D eigenvalue weighted by Gasteiger charge is 2.19. The van der Waals surface area contributed by atoms with Crippen molar-refractivity contribution in [1.82, 2.24) is 0 Å². The van der Waals surface area contributed by atoms with Crippen molar-refractivity contribution in [3.63, 3.8) is 0 Å². The molecule has 7 heteroatoms. The first-order valence-electron chi connectivity index (χ1n) is 4.93. The Labute approximate surface area is 112 Å². The highest BCUT2D eigenvalue weighted by molar-refractivity contribution is 7.21. The molecule has 4 N–H and O–H groups in total. The summed E-state index contributed by atoms with van der Waals surface area (Å²) in [5, 5.41) is 1.40. The summed E-state index contributed by atoms with van der Waals surface area (Å²) in [7, 11) is 1.49. The van der Waals surface area contributed by atoms with Crippen LogP contribution in [0.3, 0.4) is 0 Å². The Hall–Kier alpha value is -1.79. The maximum absolute atomic E-state index is 11.8. The molecule has 0 fully saturated rings. The first-order valence-corrected chi connectivity index (χ1v) is 6.12. The second-order valence-corrected chi connectivity index (χ2v) is 4.94. The van der Waals surface area contributed by atoms with Gasteiger partial charge in [0, 0.05) is 15.1 Å². The third-order valence-electron chi connectivity index (χ3n) is 2.24. The predicted molar refractivity (Wildman–Crippen MR) is 73.5 cm³/mol. The van der Waals surface area contributed by atoms with Gasteiger partial charge in [0.1, 0.15) is 10.6 Å². The number of carbonyl (C=O) groups excluding carboxylic acids is 1. The van der Waals surface area contributed by atoms with Crippen LogP contribution in [0.5, 0.6) is 5.75 Å². The summed E-state index contributed by atoms with van der Waals surface area (Å²) in [6.07, 6.45) is 0. The number of carbonyl (C=O) groups is 1. The van der Waals surface area contributed by atoms with E-state index in [0.717, 1.165) is 10.1 Å². The summed E-state index contributed by atoms with van der Waals surface area (Å²) >= 11 is 7.14. The Kier molecular flexibility index (Phi) is 3.40. The Balaban J connectivity index is 2.64. The van der Waals surface area contributed by atoms with E-state index in [1.54, 1.807) is 18.2 Å². The highest BCUT2D eigenvalue weighted by Crippen LogP contribution is 2.39. The van der Waals surface area contributed by atoms with Gasteiger partial charge in [0.05, 0.1) is 7.11 Å². The topological polar surface area (TPSA) is 90.7 Å². The van der Waals surface area contributed by atoms with Crippen molar-refractivity contribution in [2.24, 2.45) is 16.5 Å². The highest BCUT2D eigenvalue weighted by atomic mass is 35.5. The van der Waals surface area contributed by atoms with Crippen LogP contribution in [0, 0.1) is 0 Å². The molecule has 0 unspecified atom stereocenters. The average Bonchev–Trinajstić information content (AvgIpc) is 2.65. The maximum Gasteiger partial charge on any atom is 0.294 e. The van der Waals surface area contributed by atoms with Crippen LogP contribution in [-0.4, -0.2) is 19.0 Å². The number of benzene rings is 1. The third kappa shape index (κ3) is 2.25. The summed E-state index contributed by atoms with van der Waals surface area (Å²) in [4.78, 5) is 15.7. The van der Waals surface area contributed by atoms with Crippen LogP contribution in [0.25, 0.3) is 10.1 Å². The number of ether oxygens (including phenoxy) is 1. The maximum atomic E-state index is 11.8. The molecule has 94 valence electrons. The van der Waals surface area contributed by atoms with E-state index in [-0.39, 0.29) is 5.96 Å². The molecule has 1 aromatic heterocycles. The van der Waals surface area contributed by atoms with Crippen LogP contribution in [0.15, 0.2) is 23.2 Å². The molecule has 5 nitrogen and oxygen atoms in total. The van der Waals surface area contributed by atoms with Crippen LogP contribution in [0.1, 0.15) is 9.67 Å². The molecule has 1 amide bonds. The van der Waals surface area contributed by atoms with E-state index in [4.69, 9.17) is 27.8 Å². The van der Waals surface area contributed by atoms with Crippen LogP contribution in [0.4, 0.5) is 0 Å². The van der Waals surface area contributed by atoms with E-state index in [1.165, 1.54) is 18.4 Å². The molecular weight excluding hydrogens is 274 g/mol. The van der Waals surface area contributed by atoms with Crippen LogP contribution < -0.4 is 16.2 Å². The third-order valence-corrected chi connectivity index (χ3v) is 3.59. The van der Waals surface area contributed by atoms with Gasteiger partial charge in [-0.25, -0.2) is 0 Å². The number of halogens is 1. The number of nitrogens with two attached hydrogens (primary N) is 2. The van der Waals surface area contributed by atoms with Gasteiger partial charge in [0.25, 0.3) is 5.91 Å². The zero-order chi connectivity index (χ0) is 13.3. The number of fused-ring (bicyclic) bond motifs is 1. The second kappa shape index (κ2) is 4.83. The fourth-order valence-electron chi connectivity index (χ4n) is 1.56. The lowest BCUT2D eigenvalue weighted by Gasteiger charge is -1.99. The van der Waals surface area contributed by atoms with E-state index < -0.39 is 5.91 Å². The van der Waals surface area contributed by atoms with Gasteiger partial charge in [-0.3, -0.25) is 4.79 Å². The van der Waals surface area contributed by atoms with Gasteiger partial charge in [-0.05, 0) is 18.2 Å². The largest absolute Gasteiger partial charge is 0.494 e. The monoisotopic (exact) mass is 283 g/mol. The SMILES string of the molecule is COc1c(C(=O)N=C(N)N)sc2cc(Cl)ccc12. The lowest BCUT2D eigenvalue weighted by atomic mass is 10.2. The summed E-state index contributed by atoms with van der Waals surface area (Å²) in [6.45, 7) is 0. The molecule has 2 aromatic rings. The van der Waals surface area contributed by atoms with Crippen molar-refractivity contribution < 1.29 is 9.53 Å². The summed E-state index contributed by atoms with van der Waals surface area (Å²) < 4.78 is 6.08. The van der Waals surface area contributed by atoms with E-state index in [0.29, 0.717) is 15.6 Å². The summed E-state index contributed by atoms with van der Waals surface area (Å²) in [6, 6.07) is 5.28. The molecule has 0 spiro atoms. The van der Waals surface area contributed by atoms with Crippen molar-refractivity contribution in [3.05, 3.63) is 28.1 Å². The first-order chi connectivity index (χ1) is 8.52. The number of guanidine groups is 1. The lowest BCUT2D eigenvalue weighted by molar-refractivity contribution is 0.100.